The second kappa shape index (κ2) is 8.38. The van der Waals surface area contributed by atoms with E-state index < -0.39 is 15.9 Å². The number of hydrogen-bond acceptors (Lipinski definition) is 4. The molecule has 0 spiro atoms. The van der Waals surface area contributed by atoms with Crippen molar-refractivity contribution < 1.29 is 18.0 Å². The fourth-order valence-corrected chi connectivity index (χ4v) is 4.91. The van der Waals surface area contributed by atoms with Crippen LogP contribution >= 0.6 is 0 Å². The summed E-state index contributed by atoms with van der Waals surface area (Å²) in [6, 6.07) is 6.46. The topological polar surface area (TPSA) is 101 Å². The first-order valence-electron chi connectivity index (χ1n) is 9.60. The average molecular weight is 419 g/mol. The van der Waals surface area contributed by atoms with Crippen LogP contribution in [0.4, 0.5) is 5.69 Å². The zero-order valence-electron chi connectivity index (χ0n) is 16.9. The lowest BCUT2D eigenvalue weighted by molar-refractivity contribution is 0.0954. The number of anilines is 1. The van der Waals surface area contributed by atoms with Gasteiger partial charge in [-0.1, -0.05) is 6.07 Å². The standard InChI is InChI=1S/C20H26N4O4S/c1-4-21-19(25)15-8-7-14(2)17(11-15)22-20(26)18-12-16(13-23(18)3)29(27,28)24-9-5-6-10-24/h7-8,11-13H,4-6,9-10H2,1-3H3,(H,21,25)(H,22,26). The molecule has 3 rings (SSSR count). The Morgan fingerprint density at radius 3 is 2.45 bits per heavy atom. The molecule has 1 aliphatic heterocycles. The Bertz CT molecular complexity index is 1040. The van der Waals surface area contributed by atoms with Crippen LogP contribution in [0.15, 0.2) is 35.4 Å². The van der Waals surface area contributed by atoms with Gasteiger partial charge in [0.1, 0.15) is 10.6 Å². The van der Waals surface area contributed by atoms with E-state index in [0.717, 1.165) is 18.4 Å². The summed E-state index contributed by atoms with van der Waals surface area (Å²) in [4.78, 5) is 25.0. The van der Waals surface area contributed by atoms with Gasteiger partial charge in [-0.2, -0.15) is 4.31 Å². The largest absolute Gasteiger partial charge is 0.352 e. The molecule has 1 saturated heterocycles. The Kier molecular flexibility index (Phi) is 6.09. The fourth-order valence-electron chi connectivity index (χ4n) is 3.33. The zero-order chi connectivity index (χ0) is 21.2. The molecule has 2 N–H and O–H groups in total. The SMILES string of the molecule is CCNC(=O)c1ccc(C)c(NC(=O)c2cc(S(=O)(=O)N3CCCC3)cn2C)c1. The molecule has 0 aliphatic carbocycles. The minimum Gasteiger partial charge on any atom is -0.352 e. The van der Waals surface area contributed by atoms with Crippen molar-refractivity contribution in [3.05, 3.63) is 47.3 Å². The first-order valence-corrected chi connectivity index (χ1v) is 11.0. The molecule has 1 aromatic heterocycles. The number of carbonyl (C=O) groups excluding carboxylic acids is 2. The van der Waals surface area contributed by atoms with Gasteiger partial charge in [-0.25, -0.2) is 8.42 Å². The van der Waals surface area contributed by atoms with Gasteiger partial charge in [0.15, 0.2) is 0 Å². The quantitative estimate of drug-likeness (QED) is 0.750. The van der Waals surface area contributed by atoms with Gasteiger partial charge in [-0.05, 0) is 50.5 Å². The Morgan fingerprint density at radius 1 is 1.10 bits per heavy atom. The highest BCUT2D eigenvalue weighted by Crippen LogP contribution is 2.24. The molecule has 2 heterocycles. The third-order valence-corrected chi connectivity index (χ3v) is 6.86. The van der Waals surface area contributed by atoms with Crippen molar-refractivity contribution in [2.24, 2.45) is 7.05 Å². The van der Waals surface area contributed by atoms with Crippen LogP contribution < -0.4 is 10.6 Å². The molecule has 8 nitrogen and oxygen atoms in total. The molecule has 0 radical (unpaired) electrons. The smallest absolute Gasteiger partial charge is 0.272 e. The lowest BCUT2D eigenvalue weighted by Gasteiger charge is -2.13. The number of nitrogens with one attached hydrogen (secondary N) is 2. The molecular formula is C20H26N4O4S. The van der Waals surface area contributed by atoms with E-state index in [4.69, 9.17) is 0 Å². The fraction of sp³-hybridized carbons (Fsp3) is 0.400. The van der Waals surface area contributed by atoms with Crippen LogP contribution in [0.3, 0.4) is 0 Å². The minimum atomic E-state index is -3.60. The van der Waals surface area contributed by atoms with Crippen LogP contribution in [0.25, 0.3) is 0 Å². The number of aryl methyl sites for hydroxylation is 2. The zero-order valence-corrected chi connectivity index (χ0v) is 17.7. The average Bonchev–Trinajstić information content (AvgIpc) is 3.34. The van der Waals surface area contributed by atoms with E-state index in [1.54, 1.807) is 25.2 Å². The molecule has 0 atom stereocenters. The summed E-state index contributed by atoms with van der Waals surface area (Å²) < 4.78 is 28.5. The van der Waals surface area contributed by atoms with Crippen LogP contribution in [0.2, 0.25) is 0 Å². The summed E-state index contributed by atoms with van der Waals surface area (Å²) in [6.07, 6.45) is 3.15. The van der Waals surface area contributed by atoms with Crippen molar-refractivity contribution >= 4 is 27.5 Å². The van der Waals surface area contributed by atoms with E-state index in [1.165, 1.54) is 21.1 Å². The van der Waals surface area contributed by atoms with Gasteiger partial charge in [0.2, 0.25) is 10.0 Å². The Balaban J connectivity index is 1.84. The number of amides is 2. The lowest BCUT2D eigenvalue weighted by atomic mass is 10.1. The van der Waals surface area contributed by atoms with Crippen molar-refractivity contribution in [1.29, 1.82) is 0 Å². The Morgan fingerprint density at radius 2 is 1.79 bits per heavy atom. The minimum absolute atomic E-state index is 0.111. The van der Waals surface area contributed by atoms with E-state index in [0.29, 0.717) is 30.9 Å². The first-order chi connectivity index (χ1) is 13.7. The van der Waals surface area contributed by atoms with Gasteiger partial charge in [0.25, 0.3) is 11.8 Å². The molecule has 1 aliphatic rings. The van der Waals surface area contributed by atoms with Crippen molar-refractivity contribution in [3.8, 4) is 0 Å². The molecule has 2 aromatic rings. The third kappa shape index (κ3) is 4.35. The van der Waals surface area contributed by atoms with Crippen LogP contribution in [0.5, 0.6) is 0 Å². The van der Waals surface area contributed by atoms with Crippen molar-refractivity contribution in [2.75, 3.05) is 25.0 Å². The van der Waals surface area contributed by atoms with E-state index in [1.807, 2.05) is 13.8 Å². The number of carbonyl (C=O) groups is 2. The number of rotatable bonds is 6. The number of benzene rings is 1. The predicted octanol–water partition coefficient (Wildman–Crippen LogP) is 2.12. The highest BCUT2D eigenvalue weighted by Gasteiger charge is 2.29. The van der Waals surface area contributed by atoms with E-state index in [2.05, 4.69) is 10.6 Å². The van der Waals surface area contributed by atoms with Crippen molar-refractivity contribution in [1.82, 2.24) is 14.2 Å². The Labute approximate surface area is 170 Å². The van der Waals surface area contributed by atoms with E-state index in [-0.39, 0.29) is 16.5 Å². The second-order valence-electron chi connectivity index (χ2n) is 7.13. The summed E-state index contributed by atoms with van der Waals surface area (Å²) in [7, 11) is -1.96. The molecule has 1 aromatic carbocycles. The second-order valence-corrected chi connectivity index (χ2v) is 9.06. The van der Waals surface area contributed by atoms with Crippen LogP contribution in [-0.4, -0.2) is 48.7 Å². The summed E-state index contributed by atoms with van der Waals surface area (Å²) in [5, 5.41) is 5.51. The maximum Gasteiger partial charge on any atom is 0.272 e. The van der Waals surface area contributed by atoms with Gasteiger partial charge < -0.3 is 15.2 Å². The maximum atomic E-state index is 12.8. The van der Waals surface area contributed by atoms with Crippen molar-refractivity contribution in [3.63, 3.8) is 0 Å². The molecule has 0 unspecified atom stereocenters. The molecule has 0 saturated carbocycles. The van der Waals surface area contributed by atoms with Gasteiger partial charge in [-0.3, -0.25) is 9.59 Å². The molecule has 2 amide bonds. The molecule has 0 bridgehead atoms. The monoisotopic (exact) mass is 418 g/mol. The van der Waals surface area contributed by atoms with Crippen LogP contribution in [0.1, 0.15) is 46.2 Å². The van der Waals surface area contributed by atoms with Gasteiger partial charge in [-0.15, -0.1) is 0 Å². The third-order valence-electron chi connectivity index (χ3n) is 5.00. The summed E-state index contributed by atoms with van der Waals surface area (Å²) in [6.45, 7) is 5.17. The van der Waals surface area contributed by atoms with Gasteiger partial charge >= 0.3 is 0 Å². The lowest BCUT2D eigenvalue weighted by Crippen LogP contribution is -2.27. The molecule has 1 fully saturated rings. The summed E-state index contributed by atoms with van der Waals surface area (Å²) in [5.74, 6) is -0.660. The van der Waals surface area contributed by atoms with Gasteiger partial charge in [0.05, 0.1) is 0 Å². The maximum absolute atomic E-state index is 12.8. The van der Waals surface area contributed by atoms with Crippen LogP contribution in [0, 0.1) is 6.92 Å². The highest BCUT2D eigenvalue weighted by atomic mass is 32.2. The van der Waals surface area contributed by atoms with Crippen molar-refractivity contribution in [2.45, 2.75) is 31.6 Å². The molecule has 156 valence electrons. The number of hydrogen-bond donors (Lipinski definition) is 2. The molecule has 29 heavy (non-hydrogen) atoms. The number of aromatic nitrogens is 1. The summed E-state index contributed by atoms with van der Waals surface area (Å²) in [5.41, 5.74) is 1.97. The number of sulfonamides is 1. The Hall–Kier alpha value is -2.65. The molecular weight excluding hydrogens is 392 g/mol. The molecule has 9 heteroatoms. The summed E-state index contributed by atoms with van der Waals surface area (Å²) >= 11 is 0. The normalized spacial score (nSPS) is 14.7. The van der Waals surface area contributed by atoms with E-state index in [9.17, 15) is 18.0 Å². The van der Waals surface area contributed by atoms with Gasteiger partial charge in [0, 0.05) is 44.1 Å². The van der Waals surface area contributed by atoms with E-state index >= 15 is 0 Å². The van der Waals surface area contributed by atoms with Crippen LogP contribution in [-0.2, 0) is 17.1 Å². The first kappa shape index (κ1) is 21.1. The predicted molar refractivity (Wildman–Crippen MR) is 111 cm³/mol. The number of nitrogens with zero attached hydrogens (tertiary/aromatic N) is 2. The highest BCUT2D eigenvalue weighted by molar-refractivity contribution is 7.89.